The number of pyridine rings is 1. The van der Waals surface area contributed by atoms with Gasteiger partial charge in [0.25, 0.3) is 0 Å². The van der Waals surface area contributed by atoms with Gasteiger partial charge < -0.3 is 4.74 Å². The molecule has 6 nitrogen and oxygen atoms in total. The van der Waals surface area contributed by atoms with Gasteiger partial charge in [0.15, 0.2) is 5.75 Å². The van der Waals surface area contributed by atoms with Gasteiger partial charge in [0.05, 0.1) is 5.69 Å². The van der Waals surface area contributed by atoms with Crippen LogP contribution < -0.4 is 16.0 Å². The SMILES string of the molecule is CCc1nc(C)ccc1Oc1cc(C)nc(NN)n1. The molecule has 2 rings (SSSR count). The van der Waals surface area contributed by atoms with Crippen molar-refractivity contribution in [3.63, 3.8) is 0 Å². The van der Waals surface area contributed by atoms with Crippen LogP contribution in [0.2, 0.25) is 0 Å². The van der Waals surface area contributed by atoms with Crippen LogP contribution in [0.1, 0.15) is 24.0 Å². The monoisotopic (exact) mass is 259 g/mol. The lowest BCUT2D eigenvalue weighted by Gasteiger charge is -2.10. The zero-order chi connectivity index (χ0) is 13.8. The maximum Gasteiger partial charge on any atom is 0.240 e. The summed E-state index contributed by atoms with van der Waals surface area (Å²) < 4.78 is 5.77. The summed E-state index contributed by atoms with van der Waals surface area (Å²) in [5, 5.41) is 0. The minimum Gasteiger partial charge on any atom is -0.437 e. The van der Waals surface area contributed by atoms with Crippen molar-refractivity contribution in [3.8, 4) is 11.6 Å². The minimum atomic E-state index is 0.327. The zero-order valence-corrected chi connectivity index (χ0v) is 11.3. The average molecular weight is 259 g/mol. The molecule has 0 aliphatic heterocycles. The fraction of sp³-hybridized carbons (Fsp3) is 0.308. The topological polar surface area (TPSA) is 86.0 Å². The van der Waals surface area contributed by atoms with Crippen LogP contribution in [-0.2, 0) is 6.42 Å². The van der Waals surface area contributed by atoms with Crippen molar-refractivity contribution in [3.05, 3.63) is 35.3 Å². The van der Waals surface area contributed by atoms with E-state index in [9.17, 15) is 0 Å². The van der Waals surface area contributed by atoms with Gasteiger partial charge in [-0.2, -0.15) is 4.98 Å². The quantitative estimate of drug-likeness (QED) is 0.646. The van der Waals surface area contributed by atoms with Crippen molar-refractivity contribution >= 4 is 5.95 Å². The van der Waals surface area contributed by atoms with Crippen LogP contribution in [0, 0.1) is 13.8 Å². The largest absolute Gasteiger partial charge is 0.437 e. The van der Waals surface area contributed by atoms with Crippen molar-refractivity contribution in [2.75, 3.05) is 5.43 Å². The molecule has 2 aromatic heterocycles. The first-order valence-corrected chi connectivity index (χ1v) is 6.09. The summed E-state index contributed by atoms with van der Waals surface area (Å²) in [7, 11) is 0. The van der Waals surface area contributed by atoms with E-state index in [4.69, 9.17) is 10.6 Å². The van der Waals surface area contributed by atoms with E-state index >= 15 is 0 Å². The van der Waals surface area contributed by atoms with Crippen LogP contribution in [0.15, 0.2) is 18.2 Å². The third-order valence-electron chi connectivity index (χ3n) is 2.58. The first kappa shape index (κ1) is 13.2. The first-order valence-electron chi connectivity index (χ1n) is 6.09. The number of aryl methyl sites for hydroxylation is 3. The Bertz CT molecular complexity index is 585. The fourth-order valence-corrected chi connectivity index (χ4v) is 1.71. The molecule has 0 aromatic carbocycles. The summed E-state index contributed by atoms with van der Waals surface area (Å²) in [4.78, 5) is 12.7. The number of ether oxygens (including phenoxy) is 1. The Morgan fingerprint density at radius 3 is 2.63 bits per heavy atom. The number of nitrogen functional groups attached to an aromatic ring is 1. The fourth-order valence-electron chi connectivity index (χ4n) is 1.71. The number of nitrogens with one attached hydrogen (secondary N) is 1. The normalized spacial score (nSPS) is 10.3. The molecule has 0 radical (unpaired) electrons. The molecule has 0 unspecified atom stereocenters. The molecule has 0 aliphatic carbocycles. The van der Waals surface area contributed by atoms with Crippen molar-refractivity contribution in [1.29, 1.82) is 0 Å². The Balaban J connectivity index is 2.33. The molecular formula is C13H17N5O. The lowest BCUT2D eigenvalue weighted by atomic mass is 10.2. The van der Waals surface area contributed by atoms with E-state index in [1.165, 1.54) is 0 Å². The number of hydrogen-bond acceptors (Lipinski definition) is 6. The molecule has 0 saturated carbocycles. The van der Waals surface area contributed by atoms with Gasteiger partial charge >= 0.3 is 0 Å². The second-order valence-electron chi connectivity index (χ2n) is 4.17. The molecule has 3 N–H and O–H groups in total. The van der Waals surface area contributed by atoms with Gasteiger partial charge in [-0.15, -0.1) is 0 Å². The zero-order valence-electron chi connectivity index (χ0n) is 11.3. The minimum absolute atomic E-state index is 0.327. The molecule has 6 heteroatoms. The smallest absolute Gasteiger partial charge is 0.240 e. The van der Waals surface area contributed by atoms with Crippen molar-refractivity contribution in [1.82, 2.24) is 15.0 Å². The van der Waals surface area contributed by atoms with E-state index in [0.29, 0.717) is 17.6 Å². The predicted molar refractivity (Wildman–Crippen MR) is 73.0 cm³/mol. The molecular weight excluding hydrogens is 242 g/mol. The van der Waals surface area contributed by atoms with Gasteiger partial charge in [-0.25, -0.2) is 10.8 Å². The van der Waals surface area contributed by atoms with E-state index in [1.807, 2.05) is 32.9 Å². The van der Waals surface area contributed by atoms with Crippen LogP contribution >= 0.6 is 0 Å². The lowest BCUT2D eigenvalue weighted by molar-refractivity contribution is 0.453. The summed E-state index contributed by atoms with van der Waals surface area (Å²) in [6.07, 6.45) is 0.795. The van der Waals surface area contributed by atoms with Gasteiger partial charge in [-0.1, -0.05) is 6.92 Å². The van der Waals surface area contributed by atoms with E-state index < -0.39 is 0 Å². The number of anilines is 1. The molecule has 0 bridgehead atoms. The molecule has 100 valence electrons. The molecule has 0 atom stereocenters. The van der Waals surface area contributed by atoms with Crippen LogP contribution in [-0.4, -0.2) is 15.0 Å². The average Bonchev–Trinajstić information content (AvgIpc) is 2.40. The number of nitrogens with zero attached hydrogens (tertiary/aromatic N) is 3. The lowest BCUT2D eigenvalue weighted by Crippen LogP contribution is -2.11. The molecule has 0 fully saturated rings. The van der Waals surface area contributed by atoms with Gasteiger partial charge in [-0.05, 0) is 32.4 Å². The van der Waals surface area contributed by atoms with E-state index in [2.05, 4.69) is 20.4 Å². The maximum atomic E-state index is 5.77. The molecule has 19 heavy (non-hydrogen) atoms. The van der Waals surface area contributed by atoms with Crippen molar-refractivity contribution in [2.24, 2.45) is 5.84 Å². The van der Waals surface area contributed by atoms with Gasteiger partial charge in [0, 0.05) is 17.5 Å². The van der Waals surface area contributed by atoms with Crippen LogP contribution in [0.4, 0.5) is 5.95 Å². The molecule has 0 aliphatic rings. The summed E-state index contributed by atoms with van der Waals surface area (Å²) in [5.41, 5.74) is 5.05. The Labute approximate surface area is 112 Å². The first-order chi connectivity index (χ1) is 9.12. The maximum absolute atomic E-state index is 5.77. The molecule has 0 amide bonds. The van der Waals surface area contributed by atoms with Crippen molar-refractivity contribution in [2.45, 2.75) is 27.2 Å². The number of nitrogens with two attached hydrogens (primary N) is 1. The van der Waals surface area contributed by atoms with Crippen molar-refractivity contribution < 1.29 is 4.74 Å². The van der Waals surface area contributed by atoms with Crippen LogP contribution in [0.5, 0.6) is 11.6 Å². The summed E-state index contributed by atoms with van der Waals surface area (Å²) in [5.74, 6) is 6.79. The third-order valence-corrected chi connectivity index (χ3v) is 2.58. The Morgan fingerprint density at radius 1 is 1.16 bits per heavy atom. The molecule has 2 heterocycles. The van der Waals surface area contributed by atoms with Gasteiger partial charge in [0.2, 0.25) is 11.8 Å². The summed E-state index contributed by atoms with van der Waals surface area (Å²) >= 11 is 0. The number of aromatic nitrogens is 3. The van der Waals surface area contributed by atoms with E-state index in [-0.39, 0.29) is 0 Å². The predicted octanol–water partition coefficient (Wildman–Crippen LogP) is 2.13. The number of rotatable bonds is 4. The Hall–Kier alpha value is -2.21. The highest BCUT2D eigenvalue weighted by molar-refractivity contribution is 5.35. The number of hydrazine groups is 1. The van der Waals surface area contributed by atoms with E-state index in [0.717, 1.165) is 23.5 Å². The second-order valence-corrected chi connectivity index (χ2v) is 4.17. The van der Waals surface area contributed by atoms with Gasteiger partial charge in [-0.3, -0.25) is 10.4 Å². The Kier molecular flexibility index (Phi) is 3.91. The van der Waals surface area contributed by atoms with Crippen LogP contribution in [0.25, 0.3) is 0 Å². The number of hydrogen-bond donors (Lipinski definition) is 2. The highest BCUT2D eigenvalue weighted by atomic mass is 16.5. The third kappa shape index (κ3) is 3.17. The second kappa shape index (κ2) is 5.62. The highest BCUT2D eigenvalue weighted by Crippen LogP contribution is 2.24. The van der Waals surface area contributed by atoms with Gasteiger partial charge in [0.1, 0.15) is 0 Å². The highest BCUT2D eigenvalue weighted by Gasteiger charge is 2.08. The summed E-state index contributed by atoms with van der Waals surface area (Å²) in [6, 6.07) is 5.55. The molecule has 0 saturated heterocycles. The molecule has 2 aromatic rings. The van der Waals surface area contributed by atoms with Crippen LogP contribution in [0.3, 0.4) is 0 Å². The molecule has 0 spiro atoms. The van der Waals surface area contributed by atoms with E-state index in [1.54, 1.807) is 6.07 Å². The Morgan fingerprint density at radius 2 is 1.95 bits per heavy atom. The summed E-state index contributed by atoms with van der Waals surface area (Å²) in [6.45, 7) is 5.84. The standard InChI is InChI=1S/C13H17N5O/c1-4-10-11(6-5-8(2)15-10)19-12-7-9(3)16-13(17-12)18-14/h5-7H,4,14H2,1-3H3,(H,16,17,18).